The summed E-state index contributed by atoms with van der Waals surface area (Å²) in [7, 11) is 0. The summed E-state index contributed by atoms with van der Waals surface area (Å²) in [5, 5.41) is 2.29. The first kappa shape index (κ1) is 6.45. The molecule has 52 valence electrons. The summed E-state index contributed by atoms with van der Waals surface area (Å²) in [5.41, 5.74) is 0. The van der Waals surface area contributed by atoms with Crippen LogP contribution in [-0.2, 0) is 4.79 Å². The number of nitrogens with one attached hydrogen (secondary N) is 1. The fourth-order valence-corrected chi connectivity index (χ4v) is 0.772. The number of carbonyl (C=O) groups excluding carboxylic acids is 1. The van der Waals surface area contributed by atoms with Gasteiger partial charge >= 0.3 is 0 Å². The Morgan fingerprint density at radius 2 is 2.33 bits per heavy atom. The van der Waals surface area contributed by atoms with Crippen LogP contribution in [0.5, 0.6) is 0 Å². The lowest BCUT2D eigenvalue weighted by molar-refractivity contribution is -0.109. The van der Waals surface area contributed by atoms with Gasteiger partial charge in [0.15, 0.2) is 0 Å². The molecule has 0 saturated heterocycles. The molecule has 1 fully saturated rings. The van der Waals surface area contributed by atoms with Gasteiger partial charge in [0.25, 0.3) is 0 Å². The van der Waals surface area contributed by atoms with Crippen molar-refractivity contribution in [3.05, 3.63) is 0 Å². The summed E-state index contributed by atoms with van der Waals surface area (Å²) in [6.45, 7) is 0. The number of hydrogen-bond acceptors (Lipinski definition) is 1. The van der Waals surface area contributed by atoms with Gasteiger partial charge in [0.2, 0.25) is 12.8 Å². The Kier molecular flexibility index (Phi) is 1.64. The Hall–Kier alpha value is -0.670. The van der Waals surface area contributed by atoms with Gasteiger partial charge in [-0.1, -0.05) is 0 Å². The molecule has 0 unspecified atom stereocenters. The average Bonchev–Trinajstić information content (AvgIpc) is 2.47. The molecule has 0 aromatic carbocycles. The van der Waals surface area contributed by atoms with Crippen molar-refractivity contribution in [3.63, 3.8) is 0 Å². The van der Waals surface area contributed by atoms with Gasteiger partial charge in [0.1, 0.15) is 0 Å². The highest BCUT2D eigenvalue weighted by molar-refractivity contribution is 5.47. The zero-order valence-electron chi connectivity index (χ0n) is 4.68. The summed E-state index contributed by atoms with van der Waals surface area (Å²) in [4.78, 5) is 9.67. The average molecular weight is 135 g/mol. The molecule has 2 atom stereocenters. The Morgan fingerprint density at radius 1 is 1.67 bits per heavy atom. The van der Waals surface area contributed by atoms with Crippen molar-refractivity contribution >= 4 is 6.41 Å². The third-order valence-corrected chi connectivity index (χ3v) is 1.45. The van der Waals surface area contributed by atoms with Crippen molar-refractivity contribution in [2.75, 3.05) is 0 Å². The SMILES string of the molecule is O=CN[C@@H]1C[C@H]1C(F)F. The van der Waals surface area contributed by atoms with Gasteiger partial charge in [-0.3, -0.25) is 4.79 Å². The summed E-state index contributed by atoms with van der Waals surface area (Å²) < 4.78 is 23.3. The predicted molar refractivity (Wildman–Crippen MR) is 27.1 cm³/mol. The van der Waals surface area contributed by atoms with Crippen LogP contribution in [-0.4, -0.2) is 18.9 Å². The van der Waals surface area contributed by atoms with Crippen LogP contribution >= 0.6 is 0 Å². The molecule has 0 spiro atoms. The lowest BCUT2D eigenvalue weighted by Gasteiger charge is -1.93. The zero-order valence-corrected chi connectivity index (χ0v) is 4.68. The van der Waals surface area contributed by atoms with E-state index < -0.39 is 12.3 Å². The molecule has 1 rings (SSSR count). The van der Waals surface area contributed by atoms with Crippen LogP contribution in [0.15, 0.2) is 0 Å². The third kappa shape index (κ3) is 1.37. The van der Waals surface area contributed by atoms with Crippen molar-refractivity contribution in [3.8, 4) is 0 Å². The van der Waals surface area contributed by atoms with Crippen LogP contribution < -0.4 is 5.32 Å². The van der Waals surface area contributed by atoms with Crippen LogP contribution in [0.4, 0.5) is 8.78 Å². The molecule has 0 aromatic rings. The van der Waals surface area contributed by atoms with Crippen LogP contribution in [0.25, 0.3) is 0 Å². The molecule has 9 heavy (non-hydrogen) atoms. The Labute approximate surface area is 51.2 Å². The van der Waals surface area contributed by atoms with Gasteiger partial charge in [-0.15, -0.1) is 0 Å². The van der Waals surface area contributed by atoms with Crippen molar-refractivity contribution in [1.29, 1.82) is 0 Å². The van der Waals surface area contributed by atoms with E-state index in [4.69, 9.17) is 0 Å². The molecule has 1 N–H and O–H groups in total. The summed E-state index contributed by atoms with van der Waals surface area (Å²) in [6, 6.07) is -0.262. The molecule has 1 aliphatic carbocycles. The summed E-state index contributed by atoms with van der Waals surface area (Å²) in [6.07, 6.45) is -1.38. The van der Waals surface area contributed by atoms with Gasteiger partial charge in [-0.2, -0.15) is 0 Å². The molecule has 0 aliphatic heterocycles. The quantitative estimate of drug-likeness (QED) is 0.557. The highest BCUT2D eigenvalue weighted by atomic mass is 19.3. The van der Waals surface area contributed by atoms with Crippen LogP contribution in [0.2, 0.25) is 0 Å². The molecule has 0 bridgehead atoms. The van der Waals surface area contributed by atoms with E-state index in [9.17, 15) is 13.6 Å². The summed E-state index contributed by atoms with van der Waals surface area (Å²) in [5.74, 6) is -0.588. The maximum Gasteiger partial charge on any atom is 0.243 e. The molecule has 1 saturated carbocycles. The summed E-state index contributed by atoms with van der Waals surface area (Å²) >= 11 is 0. The molecular weight excluding hydrogens is 128 g/mol. The maximum atomic E-state index is 11.6. The third-order valence-electron chi connectivity index (χ3n) is 1.45. The molecule has 0 radical (unpaired) electrons. The van der Waals surface area contributed by atoms with Gasteiger partial charge < -0.3 is 5.32 Å². The van der Waals surface area contributed by atoms with E-state index in [1.54, 1.807) is 0 Å². The predicted octanol–water partition coefficient (Wildman–Crippen LogP) is 0.386. The zero-order chi connectivity index (χ0) is 6.85. The van der Waals surface area contributed by atoms with Crippen molar-refractivity contribution in [2.24, 2.45) is 5.92 Å². The lowest BCUT2D eigenvalue weighted by atomic mass is 10.4. The first-order valence-electron chi connectivity index (χ1n) is 2.73. The fraction of sp³-hybridized carbons (Fsp3) is 0.800. The van der Waals surface area contributed by atoms with Gasteiger partial charge in [-0.05, 0) is 6.42 Å². The monoisotopic (exact) mass is 135 g/mol. The molecule has 2 nitrogen and oxygen atoms in total. The highest BCUT2D eigenvalue weighted by Gasteiger charge is 2.43. The Morgan fingerprint density at radius 3 is 2.67 bits per heavy atom. The molecular formula is C5H7F2NO. The van der Waals surface area contributed by atoms with Crippen LogP contribution in [0.3, 0.4) is 0 Å². The molecule has 1 amide bonds. The maximum absolute atomic E-state index is 11.6. The number of amides is 1. The van der Waals surface area contributed by atoms with Crippen molar-refractivity contribution in [1.82, 2.24) is 5.32 Å². The van der Waals surface area contributed by atoms with Gasteiger partial charge in [-0.25, -0.2) is 8.78 Å². The molecule has 0 heterocycles. The second-order valence-electron chi connectivity index (χ2n) is 2.13. The Bertz CT molecular complexity index is 118. The molecule has 4 heteroatoms. The minimum Gasteiger partial charge on any atom is -0.355 e. The number of carbonyl (C=O) groups is 1. The highest BCUT2D eigenvalue weighted by Crippen LogP contribution is 2.35. The van der Waals surface area contributed by atoms with E-state index in [-0.39, 0.29) is 6.04 Å². The normalized spacial score (nSPS) is 32.3. The Balaban J connectivity index is 2.16. The molecule has 1 aliphatic rings. The number of halogens is 2. The van der Waals surface area contributed by atoms with E-state index in [1.165, 1.54) is 0 Å². The fourth-order valence-electron chi connectivity index (χ4n) is 0.772. The number of rotatable bonds is 3. The first-order valence-corrected chi connectivity index (χ1v) is 2.73. The van der Waals surface area contributed by atoms with Crippen LogP contribution in [0, 0.1) is 5.92 Å². The number of hydrogen-bond donors (Lipinski definition) is 1. The van der Waals surface area contributed by atoms with Gasteiger partial charge in [0.05, 0.1) is 0 Å². The van der Waals surface area contributed by atoms with E-state index in [0.717, 1.165) is 0 Å². The van der Waals surface area contributed by atoms with Crippen molar-refractivity contribution in [2.45, 2.75) is 18.9 Å². The molecule has 0 aromatic heterocycles. The smallest absolute Gasteiger partial charge is 0.243 e. The van der Waals surface area contributed by atoms with E-state index in [2.05, 4.69) is 5.32 Å². The largest absolute Gasteiger partial charge is 0.355 e. The second-order valence-corrected chi connectivity index (χ2v) is 2.13. The second kappa shape index (κ2) is 2.29. The minimum atomic E-state index is -2.28. The topological polar surface area (TPSA) is 29.1 Å². The van der Waals surface area contributed by atoms with Gasteiger partial charge in [0, 0.05) is 12.0 Å². The van der Waals surface area contributed by atoms with Crippen LogP contribution in [0.1, 0.15) is 6.42 Å². The van der Waals surface area contributed by atoms with E-state index >= 15 is 0 Å². The minimum absolute atomic E-state index is 0.262. The first-order chi connectivity index (χ1) is 4.25. The number of alkyl halides is 2. The van der Waals surface area contributed by atoms with E-state index in [1.807, 2.05) is 0 Å². The van der Waals surface area contributed by atoms with Crippen molar-refractivity contribution < 1.29 is 13.6 Å². The standard InChI is InChI=1S/C5H7F2NO/c6-5(7)3-1-4(3)8-2-9/h2-5H,1H2,(H,8,9)/t3-,4-/m1/s1. The lowest BCUT2D eigenvalue weighted by Crippen LogP contribution is -2.17. The van der Waals surface area contributed by atoms with E-state index in [0.29, 0.717) is 12.8 Å².